The molecule has 6 heteroatoms. The molecular formula is C20H17Cl2N3O. The maximum Gasteiger partial charge on any atom is 0.255 e. The van der Waals surface area contributed by atoms with Gasteiger partial charge in [-0.05, 0) is 35.9 Å². The molecule has 0 saturated carbocycles. The summed E-state index contributed by atoms with van der Waals surface area (Å²) < 4.78 is 0. The number of H-pyrrole nitrogens is 1. The van der Waals surface area contributed by atoms with Crippen molar-refractivity contribution in [2.45, 2.75) is 19.5 Å². The van der Waals surface area contributed by atoms with Crippen molar-refractivity contribution in [1.82, 2.24) is 14.9 Å². The van der Waals surface area contributed by atoms with E-state index in [1.807, 2.05) is 36.4 Å². The molecule has 0 saturated heterocycles. The SMILES string of the molecule is O=c1[nH]c(-c2ccc(Cl)cc2)nc2c1CN(Cc1ccccc1Cl)CC2. The molecule has 1 aromatic heterocycles. The minimum atomic E-state index is -0.0798. The molecule has 1 aliphatic heterocycles. The molecule has 2 aromatic carbocycles. The molecule has 0 aliphatic carbocycles. The Morgan fingerprint density at radius 1 is 1.08 bits per heavy atom. The highest BCUT2D eigenvalue weighted by molar-refractivity contribution is 6.31. The second kappa shape index (κ2) is 7.23. The molecular weight excluding hydrogens is 369 g/mol. The maximum absolute atomic E-state index is 12.6. The summed E-state index contributed by atoms with van der Waals surface area (Å²) in [6.07, 6.45) is 0.740. The summed E-state index contributed by atoms with van der Waals surface area (Å²) in [5.74, 6) is 0.588. The van der Waals surface area contributed by atoms with Crippen molar-refractivity contribution >= 4 is 23.2 Å². The van der Waals surface area contributed by atoms with Crippen LogP contribution < -0.4 is 5.56 Å². The molecule has 0 unspecified atom stereocenters. The van der Waals surface area contributed by atoms with Crippen molar-refractivity contribution < 1.29 is 0 Å². The number of nitrogens with one attached hydrogen (secondary N) is 1. The van der Waals surface area contributed by atoms with Crippen LogP contribution in [0.5, 0.6) is 0 Å². The topological polar surface area (TPSA) is 49.0 Å². The van der Waals surface area contributed by atoms with Crippen molar-refractivity contribution in [2.24, 2.45) is 0 Å². The normalized spacial score (nSPS) is 14.2. The van der Waals surface area contributed by atoms with Gasteiger partial charge in [0.25, 0.3) is 5.56 Å². The van der Waals surface area contributed by atoms with Gasteiger partial charge in [0.2, 0.25) is 0 Å². The minimum absolute atomic E-state index is 0.0798. The van der Waals surface area contributed by atoms with Gasteiger partial charge < -0.3 is 4.98 Å². The van der Waals surface area contributed by atoms with Crippen molar-refractivity contribution in [3.63, 3.8) is 0 Å². The minimum Gasteiger partial charge on any atom is -0.306 e. The number of fused-ring (bicyclic) bond motifs is 1. The van der Waals surface area contributed by atoms with E-state index in [1.165, 1.54) is 0 Å². The number of aromatic amines is 1. The monoisotopic (exact) mass is 385 g/mol. The lowest BCUT2D eigenvalue weighted by Gasteiger charge is -2.28. The standard InChI is InChI=1S/C20H17Cl2N3O/c21-15-7-5-13(6-8-15)19-23-18-9-10-25(12-16(18)20(26)24-19)11-14-3-1-2-4-17(14)22/h1-8H,9-12H2,(H,23,24,26). The number of benzene rings is 2. The fourth-order valence-electron chi connectivity index (χ4n) is 3.23. The molecule has 0 fully saturated rings. The molecule has 26 heavy (non-hydrogen) atoms. The Balaban J connectivity index is 1.59. The molecule has 2 heterocycles. The van der Waals surface area contributed by atoms with E-state index in [-0.39, 0.29) is 5.56 Å². The summed E-state index contributed by atoms with van der Waals surface area (Å²) in [6, 6.07) is 15.1. The second-order valence-corrected chi connectivity index (χ2v) is 7.24. The average molecular weight is 386 g/mol. The van der Waals surface area contributed by atoms with Crippen molar-refractivity contribution in [3.05, 3.63) is 85.8 Å². The Morgan fingerprint density at radius 3 is 2.62 bits per heavy atom. The lowest BCUT2D eigenvalue weighted by atomic mass is 10.1. The number of halogens is 2. The summed E-state index contributed by atoms with van der Waals surface area (Å²) >= 11 is 12.2. The Morgan fingerprint density at radius 2 is 1.85 bits per heavy atom. The molecule has 1 N–H and O–H groups in total. The zero-order chi connectivity index (χ0) is 18.1. The molecule has 0 spiro atoms. The summed E-state index contributed by atoms with van der Waals surface area (Å²) in [5, 5.41) is 1.41. The highest BCUT2D eigenvalue weighted by Gasteiger charge is 2.22. The van der Waals surface area contributed by atoms with Crippen LogP contribution in [0.15, 0.2) is 53.3 Å². The predicted octanol–water partition coefficient (Wildman–Crippen LogP) is 4.30. The van der Waals surface area contributed by atoms with Crippen molar-refractivity contribution in [2.75, 3.05) is 6.54 Å². The van der Waals surface area contributed by atoms with E-state index in [4.69, 9.17) is 23.2 Å². The molecule has 4 nitrogen and oxygen atoms in total. The quantitative estimate of drug-likeness (QED) is 0.730. The Hall–Kier alpha value is -2.14. The van der Waals surface area contributed by atoms with Crippen molar-refractivity contribution in [1.29, 1.82) is 0 Å². The fourth-order valence-corrected chi connectivity index (χ4v) is 3.55. The number of aromatic nitrogens is 2. The maximum atomic E-state index is 12.6. The third-order valence-electron chi connectivity index (χ3n) is 4.62. The summed E-state index contributed by atoms with van der Waals surface area (Å²) in [7, 11) is 0. The van der Waals surface area contributed by atoms with Gasteiger partial charge in [-0.15, -0.1) is 0 Å². The van der Waals surface area contributed by atoms with Crippen LogP contribution in [0, 0.1) is 0 Å². The zero-order valence-corrected chi connectivity index (χ0v) is 15.5. The van der Waals surface area contributed by atoms with Gasteiger partial charge in [-0.2, -0.15) is 0 Å². The molecule has 0 amide bonds. The smallest absolute Gasteiger partial charge is 0.255 e. The van der Waals surface area contributed by atoms with Crippen LogP contribution in [0.1, 0.15) is 16.8 Å². The molecule has 0 bridgehead atoms. The first-order chi connectivity index (χ1) is 12.6. The lowest BCUT2D eigenvalue weighted by molar-refractivity contribution is 0.242. The Kier molecular flexibility index (Phi) is 4.81. The van der Waals surface area contributed by atoms with Crippen LogP contribution in [-0.2, 0) is 19.5 Å². The van der Waals surface area contributed by atoms with E-state index >= 15 is 0 Å². The first-order valence-electron chi connectivity index (χ1n) is 8.44. The highest BCUT2D eigenvalue weighted by atomic mass is 35.5. The third kappa shape index (κ3) is 3.54. The van der Waals surface area contributed by atoms with Crippen LogP contribution in [0.25, 0.3) is 11.4 Å². The Bertz CT molecular complexity index is 999. The predicted molar refractivity (Wildman–Crippen MR) is 105 cm³/mol. The van der Waals surface area contributed by atoms with Crippen molar-refractivity contribution in [3.8, 4) is 11.4 Å². The van der Waals surface area contributed by atoms with Gasteiger partial charge in [0.15, 0.2) is 0 Å². The van der Waals surface area contributed by atoms with Gasteiger partial charge in [0, 0.05) is 41.7 Å². The van der Waals surface area contributed by atoms with Crippen LogP contribution in [0.4, 0.5) is 0 Å². The number of hydrogen-bond donors (Lipinski definition) is 1. The van der Waals surface area contributed by atoms with Gasteiger partial charge in [-0.1, -0.05) is 41.4 Å². The van der Waals surface area contributed by atoms with Gasteiger partial charge in [-0.25, -0.2) is 4.98 Å². The van der Waals surface area contributed by atoms with Gasteiger partial charge in [0.1, 0.15) is 5.82 Å². The van der Waals surface area contributed by atoms with E-state index in [0.29, 0.717) is 17.4 Å². The zero-order valence-electron chi connectivity index (χ0n) is 14.0. The summed E-state index contributed by atoms with van der Waals surface area (Å²) in [6.45, 7) is 2.13. The van der Waals surface area contributed by atoms with Gasteiger partial charge in [0.05, 0.1) is 11.3 Å². The summed E-state index contributed by atoms with van der Waals surface area (Å²) in [4.78, 5) is 22.4. The fraction of sp³-hybridized carbons (Fsp3) is 0.200. The lowest BCUT2D eigenvalue weighted by Crippen LogP contribution is -2.35. The van der Waals surface area contributed by atoms with Crippen LogP contribution in [0.2, 0.25) is 10.0 Å². The first kappa shape index (κ1) is 17.3. The molecule has 3 aromatic rings. The van der Waals surface area contributed by atoms with Gasteiger partial charge >= 0.3 is 0 Å². The van der Waals surface area contributed by atoms with Crippen LogP contribution >= 0.6 is 23.2 Å². The van der Waals surface area contributed by atoms with E-state index in [2.05, 4.69) is 14.9 Å². The van der Waals surface area contributed by atoms with E-state index in [0.717, 1.165) is 46.9 Å². The molecule has 1 aliphatic rings. The largest absolute Gasteiger partial charge is 0.306 e. The Labute approximate surface area is 161 Å². The van der Waals surface area contributed by atoms with Crippen LogP contribution in [0.3, 0.4) is 0 Å². The third-order valence-corrected chi connectivity index (χ3v) is 5.24. The van der Waals surface area contributed by atoms with Gasteiger partial charge in [-0.3, -0.25) is 9.69 Å². The number of rotatable bonds is 3. The summed E-state index contributed by atoms with van der Waals surface area (Å²) in [5.41, 5.74) is 3.45. The average Bonchev–Trinajstić information content (AvgIpc) is 2.64. The number of hydrogen-bond acceptors (Lipinski definition) is 3. The molecule has 0 atom stereocenters. The van der Waals surface area contributed by atoms with E-state index < -0.39 is 0 Å². The molecule has 132 valence electrons. The van der Waals surface area contributed by atoms with E-state index in [1.54, 1.807) is 12.1 Å². The van der Waals surface area contributed by atoms with Crippen LogP contribution in [-0.4, -0.2) is 21.4 Å². The second-order valence-electron chi connectivity index (χ2n) is 6.40. The first-order valence-corrected chi connectivity index (χ1v) is 9.19. The number of nitrogens with zero attached hydrogens (tertiary/aromatic N) is 2. The molecule has 4 rings (SSSR count). The van der Waals surface area contributed by atoms with E-state index in [9.17, 15) is 4.79 Å². The highest BCUT2D eigenvalue weighted by Crippen LogP contribution is 2.23. The molecule has 0 radical (unpaired) electrons.